The minimum absolute atomic E-state index is 0.0259. The van der Waals surface area contributed by atoms with Gasteiger partial charge in [0.1, 0.15) is 47.9 Å². The first-order valence-electron chi connectivity index (χ1n) is 12.3. The molecule has 2 aromatic heterocycles. The highest BCUT2D eigenvalue weighted by Gasteiger charge is 2.48. The summed E-state index contributed by atoms with van der Waals surface area (Å²) in [6.45, 7) is 0.656. The van der Waals surface area contributed by atoms with E-state index < -0.39 is 71.7 Å². The summed E-state index contributed by atoms with van der Waals surface area (Å²) >= 11 is 6.00. The van der Waals surface area contributed by atoms with Crippen LogP contribution in [0.1, 0.15) is 34.9 Å². The van der Waals surface area contributed by atoms with Crippen LogP contribution in [0.5, 0.6) is 0 Å². The maximum Gasteiger partial charge on any atom is 0.418 e. The zero-order chi connectivity index (χ0) is 30.5. The van der Waals surface area contributed by atoms with E-state index in [4.69, 9.17) is 22.8 Å². The molecule has 2 unspecified atom stereocenters. The number of terminal acetylenes is 1. The first kappa shape index (κ1) is 29.6. The molecule has 220 valence electrons. The Morgan fingerprint density at radius 3 is 2.40 bits per heavy atom. The quantitative estimate of drug-likeness (QED) is 0.233. The number of nitrogens with zero attached hydrogens (tertiary/aromatic N) is 5. The van der Waals surface area contributed by atoms with Crippen LogP contribution in [0.2, 0.25) is 5.02 Å². The molecule has 2 aromatic carbocycles. The Bertz CT molecular complexity index is 1660. The van der Waals surface area contributed by atoms with Gasteiger partial charge in [0.2, 0.25) is 0 Å². The second kappa shape index (κ2) is 11.1. The number of ether oxygens (including phenoxy) is 1. The Kier molecular flexibility index (Phi) is 7.82. The summed E-state index contributed by atoms with van der Waals surface area (Å²) in [4.78, 5) is 4.19. The summed E-state index contributed by atoms with van der Waals surface area (Å²) in [6.07, 6.45) is -3.36. The fourth-order valence-corrected chi connectivity index (χ4v) is 5.03. The molecule has 42 heavy (non-hydrogen) atoms. The maximum absolute atomic E-state index is 14.3. The number of alkyl halides is 3. The lowest BCUT2D eigenvalue weighted by Crippen LogP contribution is -2.53. The number of hydrogen-bond acceptors (Lipinski definition) is 7. The molecule has 9 nitrogen and oxygen atoms in total. The van der Waals surface area contributed by atoms with E-state index in [1.54, 1.807) is 0 Å². The smallest absolute Gasteiger partial charge is 0.394 e. The molecule has 0 amide bonds. The van der Waals surface area contributed by atoms with Crippen molar-refractivity contribution in [1.29, 1.82) is 0 Å². The van der Waals surface area contributed by atoms with Crippen LogP contribution >= 0.6 is 11.6 Å². The summed E-state index contributed by atoms with van der Waals surface area (Å²) in [7, 11) is 0. The van der Waals surface area contributed by atoms with Gasteiger partial charge in [0, 0.05) is 16.8 Å². The zero-order valence-corrected chi connectivity index (χ0v) is 22.2. The van der Waals surface area contributed by atoms with E-state index >= 15 is 0 Å². The summed E-state index contributed by atoms with van der Waals surface area (Å²) in [5.74, 6) is -0.301. The Hall–Kier alpha value is -3.87. The van der Waals surface area contributed by atoms with Crippen molar-refractivity contribution in [2.45, 2.75) is 43.6 Å². The summed E-state index contributed by atoms with van der Waals surface area (Å²) in [5, 5.41) is 40.5. The number of aliphatic hydroxyl groups is 3. The standard InChI is InChI=1S/C27H21ClF5N5O4/c1-3-16-18(29)6-13(7-19(16)30)14-9-34-37(10-14)22-23(40)21(11-39)42-25(24(22)41)26-35-12(2)36-38(26)20-8-15(28)4-5-17(20)27(31,32)33/h1,4-10,21-25,39-41H,11H2,2H3/t21?,22-,23-,24?,25+/m0/s1. The van der Waals surface area contributed by atoms with Crippen molar-refractivity contribution in [3.8, 4) is 29.2 Å². The second-order valence-electron chi connectivity index (χ2n) is 9.51. The van der Waals surface area contributed by atoms with E-state index in [-0.39, 0.29) is 27.8 Å². The van der Waals surface area contributed by atoms with Gasteiger partial charge in [0.05, 0.1) is 29.6 Å². The number of halogens is 6. The van der Waals surface area contributed by atoms with Gasteiger partial charge < -0.3 is 20.1 Å². The average molecular weight is 610 g/mol. The van der Waals surface area contributed by atoms with E-state index in [1.807, 2.05) is 5.92 Å². The van der Waals surface area contributed by atoms with E-state index in [1.165, 1.54) is 19.3 Å². The average Bonchev–Trinajstić information content (AvgIpc) is 3.55. The van der Waals surface area contributed by atoms with Crippen LogP contribution in [-0.2, 0) is 10.9 Å². The van der Waals surface area contributed by atoms with Gasteiger partial charge in [0.15, 0.2) is 5.82 Å². The van der Waals surface area contributed by atoms with Crippen LogP contribution in [0.25, 0.3) is 16.8 Å². The largest absolute Gasteiger partial charge is 0.418 e. The van der Waals surface area contributed by atoms with Crippen LogP contribution in [0, 0.1) is 30.9 Å². The van der Waals surface area contributed by atoms with E-state index in [2.05, 4.69) is 15.2 Å². The summed E-state index contributed by atoms with van der Waals surface area (Å²) < 4.78 is 77.9. The number of aromatic nitrogens is 5. The highest BCUT2D eigenvalue weighted by Crippen LogP contribution is 2.41. The maximum atomic E-state index is 14.3. The lowest BCUT2D eigenvalue weighted by atomic mass is 9.92. The third kappa shape index (κ3) is 5.25. The van der Waals surface area contributed by atoms with Gasteiger partial charge >= 0.3 is 6.18 Å². The van der Waals surface area contributed by atoms with Crippen molar-refractivity contribution in [3.63, 3.8) is 0 Å². The Labute approximate surface area is 239 Å². The van der Waals surface area contributed by atoms with E-state index in [0.717, 1.165) is 39.7 Å². The summed E-state index contributed by atoms with van der Waals surface area (Å²) in [5.41, 5.74) is -1.90. The molecule has 5 rings (SSSR count). The Morgan fingerprint density at radius 2 is 1.79 bits per heavy atom. The van der Waals surface area contributed by atoms with Gasteiger partial charge in [-0.3, -0.25) is 4.68 Å². The molecule has 3 N–H and O–H groups in total. The van der Waals surface area contributed by atoms with Crippen LogP contribution in [-0.4, -0.2) is 64.8 Å². The van der Waals surface area contributed by atoms with E-state index in [9.17, 15) is 37.3 Å². The van der Waals surface area contributed by atoms with Crippen molar-refractivity contribution >= 4 is 11.6 Å². The predicted octanol–water partition coefficient (Wildman–Crippen LogP) is 3.77. The molecule has 0 spiro atoms. The molecular weight excluding hydrogens is 589 g/mol. The van der Waals surface area contributed by atoms with Crippen molar-refractivity contribution in [1.82, 2.24) is 24.5 Å². The van der Waals surface area contributed by atoms with Gasteiger partial charge in [-0.1, -0.05) is 17.5 Å². The molecule has 3 heterocycles. The first-order valence-corrected chi connectivity index (χ1v) is 12.6. The normalized spacial score (nSPS) is 22.7. The highest BCUT2D eigenvalue weighted by atomic mass is 35.5. The van der Waals surface area contributed by atoms with Crippen LogP contribution in [0.4, 0.5) is 22.0 Å². The second-order valence-corrected chi connectivity index (χ2v) is 9.94. The number of hydrogen-bond donors (Lipinski definition) is 3. The lowest BCUT2D eigenvalue weighted by molar-refractivity contribution is -0.210. The molecule has 1 fully saturated rings. The number of benzene rings is 2. The molecule has 5 atom stereocenters. The highest BCUT2D eigenvalue weighted by molar-refractivity contribution is 6.30. The topological polar surface area (TPSA) is 118 Å². The third-order valence-electron chi connectivity index (χ3n) is 6.80. The number of rotatable bonds is 5. The molecule has 0 saturated carbocycles. The molecule has 0 radical (unpaired) electrons. The molecule has 0 bridgehead atoms. The molecule has 1 aliphatic rings. The van der Waals surface area contributed by atoms with Crippen molar-refractivity contribution in [3.05, 3.63) is 82.2 Å². The fraction of sp³-hybridized carbons (Fsp3) is 0.296. The van der Waals surface area contributed by atoms with Crippen LogP contribution < -0.4 is 0 Å². The van der Waals surface area contributed by atoms with Crippen LogP contribution in [0.15, 0.2) is 42.7 Å². The van der Waals surface area contributed by atoms with Gasteiger partial charge in [-0.25, -0.2) is 18.4 Å². The predicted molar refractivity (Wildman–Crippen MR) is 137 cm³/mol. The molecule has 0 aliphatic carbocycles. The minimum atomic E-state index is -4.81. The third-order valence-corrected chi connectivity index (χ3v) is 7.04. The van der Waals surface area contributed by atoms with E-state index in [0.29, 0.717) is 0 Å². The van der Waals surface area contributed by atoms with Gasteiger partial charge in [0.25, 0.3) is 0 Å². The molecule has 4 aromatic rings. The van der Waals surface area contributed by atoms with Crippen molar-refractivity contribution < 1.29 is 42.0 Å². The molecule has 1 aliphatic heterocycles. The minimum Gasteiger partial charge on any atom is -0.394 e. The Morgan fingerprint density at radius 1 is 1.10 bits per heavy atom. The lowest BCUT2D eigenvalue weighted by Gasteiger charge is -2.42. The monoisotopic (exact) mass is 609 g/mol. The zero-order valence-electron chi connectivity index (χ0n) is 21.5. The van der Waals surface area contributed by atoms with Gasteiger partial charge in [-0.2, -0.15) is 23.4 Å². The molecule has 1 saturated heterocycles. The van der Waals surface area contributed by atoms with Crippen molar-refractivity contribution in [2.24, 2.45) is 0 Å². The molecule has 15 heteroatoms. The first-order chi connectivity index (χ1) is 19.8. The number of aryl methyl sites for hydroxylation is 1. The van der Waals surface area contributed by atoms with Gasteiger partial charge in [-0.15, -0.1) is 6.42 Å². The Balaban J connectivity index is 1.58. The fourth-order valence-electron chi connectivity index (χ4n) is 4.87. The van der Waals surface area contributed by atoms with Crippen molar-refractivity contribution in [2.75, 3.05) is 6.61 Å². The van der Waals surface area contributed by atoms with Gasteiger partial charge in [-0.05, 0) is 42.8 Å². The SMILES string of the molecule is C#Cc1c(F)cc(-c2cnn([C@@H]3C(O)[C@H](c4nc(C)nn4-c4cc(Cl)ccc4C(F)(F)F)OC(CO)[C@@H]3O)c2)cc1F. The molecular formula is C27H21ClF5N5O4. The summed E-state index contributed by atoms with van der Waals surface area (Å²) in [6, 6.07) is 3.48. The number of aliphatic hydroxyl groups excluding tert-OH is 3. The van der Waals surface area contributed by atoms with Crippen LogP contribution in [0.3, 0.4) is 0 Å².